The van der Waals surface area contributed by atoms with Crippen LogP contribution in [0.4, 0.5) is 5.69 Å². The summed E-state index contributed by atoms with van der Waals surface area (Å²) in [4.78, 5) is 6.32. The number of nitrogens with zero attached hydrogens (tertiary/aromatic N) is 3. The Balaban J connectivity index is 2.12. The summed E-state index contributed by atoms with van der Waals surface area (Å²) in [5.74, 6) is 0.832. The fraction of sp³-hybridized carbons (Fsp3) is 0.500. The van der Waals surface area contributed by atoms with Crippen molar-refractivity contribution in [2.75, 3.05) is 18.0 Å². The quantitative estimate of drug-likeness (QED) is 0.699. The van der Waals surface area contributed by atoms with Gasteiger partial charge in [-0.2, -0.15) is 5.26 Å². The van der Waals surface area contributed by atoms with E-state index in [0.717, 1.165) is 24.7 Å². The number of piperidine rings is 1. The number of hydrogen-bond acceptors (Lipinski definition) is 3. The molecule has 0 atom stereocenters. The summed E-state index contributed by atoms with van der Waals surface area (Å²) in [6.45, 7) is 4.48. The monoisotopic (exact) mass is 201 g/mol. The summed E-state index contributed by atoms with van der Waals surface area (Å²) < 4.78 is 0. The van der Waals surface area contributed by atoms with Crippen molar-refractivity contribution < 1.29 is 0 Å². The van der Waals surface area contributed by atoms with Crippen LogP contribution in [0.15, 0.2) is 18.3 Å². The predicted molar refractivity (Wildman–Crippen MR) is 59.6 cm³/mol. The van der Waals surface area contributed by atoms with Gasteiger partial charge in [0.2, 0.25) is 0 Å². The van der Waals surface area contributed by atoms with E-state index in [1.54, 1.807) is 6.20 Å². The van der Waals surface area contributed by atoms with Crippen LogP contribution in [0.1, 0.15) is 25.5 Å². The number of hydrogen-bond donors (Lipinski definition) is 0. The number of anilines is 1. The zero-order valence-corrected chi connectivity index (χ0v) is 8.98. The predicted octanol–water partition coefficient (Wildman–Crippen LogP) is 2.19. The van der Waals surface area contributed by atoms with Gasteiger partial charge in [-0.25, -0.2) is 4.98 Å². The Morgan fingerprint density at radius 1 is 1.47 bits per heavy atom. The number of rotatable bonds is 1. The second kappa shape index (κ2) is 4.31. The molecule has 0 amide bonds. The third-order valence-corrected chi connectivity index (χ3v) is 3.01. The lowest BCUT2D eigenvalue weighted by atomic mass is 9.99. The second-order valence-electron chi connectivity index (χ2n) is 4.18. The maximum atomic E-state index is 8.77. The molecular weight excluding hydrogens is 186 g/mol. The summed E-state index contributed by atoms with van der Waals surface area (Å²) in [6, 6.07) is 5.93. The van der Waals surface area contributed by atoms with Gasteiger partial charge in [-0.3, -0.25) is 0 Å². The van der Waals surface area contributed by atoms with E-state index in [-0.39, 0.29) is 0 Å². The summed E-state index contributed by atoms with van der Waals surface area (Å²) in [6.07, 6.45) is 4.19. The second-order valence-corrected chi connectivity index (χ2v) is 4.18. The first-order valence-corrected chi connectivity index (χ1v) is 5.40. The molecule has 78 valence electrons. The summed E-state index contributed by atoms with van der Waals surface area (Å²) >= 11 is 0. The Hall–Kier alpha value is -1.56. The van der Waals surface area contributed by atoms with Crippen molar-refractivity contribution in [2.24, 2.45) is 5.92 Å². The van der Waals surface area contributed by atoms with Gasteiger partial charge in [0.15, 0.2) is 0 Å². The molecule has 2 rings (SSSR count). The summed E-state index contributed by atoms with van der Waals surface area (Å²) in [7, 11) is 0. The fourth-order valence-corrected chi connectivity index (χ4v) is 1.94. The molecule has 0 aromatic carbocycles. The lowest BCUT2D eigenvalue weighted by Gasteiger charge is -2.32. The molecule has 0 aliphatic carbocycles. The summed E-state index contributed by atoms with van der Waals surface area (Å²) in [5.41, 5.74) is 1.64. The first kappa shape index (κ1) is 9.97. The van der Waals surface area contributed by atoms with Crippen LogP contribution in [0, 0.1) is 17.2 Å². The highest BCUT2D eigenvalue weighted by molar-refractivity contribution is 5.48. The average molecular weight is 201 g/mol. The highest BCUT2D eigenvalue weighted by Crippen LogP contribution is 2.22. The van der Waals surface area contributed by atoms with Crippen molar-refractivity contribution in [3.63, 3.8) is 0 Å². The van der Waals surface area contributed by atoms with E-state index in [4.69, 9.17) is 5.26 Å². The van der Waals surface area contributed by atoms with E-state index in [2.05, 4.69) is 22.9 Å². The molecule has 1 aliphatic heterocycles. The van der Waals surface area contributed by atoms with Crippen LogP contribution in [-0.4, -0.2) is 18.1 Å². The van der Waals surface area contributed by atoms with Crippen molar-refractivity contribution in [1.29, 1.82) is 5.26 Å². The molecule has 1 fully saturated rings. The van der Waals surface area contributed by atoms with Gasteiger partial charge in [-0.15, -0.1) is 0 Å². The molecule has 0 spiro atoms. The molecule has 1 aliphatic rings. The van der Waals surface area contributed by atoms with Crippen LogP contribution in [0.5, 0.6) is 0 Å². The molecular formula is C12H15N3. The van der Waals surface area contributed by atoms with Crippen LogP contribution in [-0.2, 0) is 0 Å². The minimum Gasteiger partial charge on any atom is -0.371 e. The van der Waals surface area contributed by atoms with Gasteiger partial charge < -0.3 is 4.90 Å². The number of pyridine rings is 1. The van der Waals surface area contributed by atoms with Gasteiger partial charge in [0.1, 0.15) is 11.8 Å². The largest absolute Gasteiger partial charge is 0.371 e. The maximum Gasteiger partial charge on any atom is 0.142 e. The van der Waals surface area contributed by atoms with Crippen molar-refractivity contribution in [1.82, 2.24) is 4.98 Å². The van der Waals surface area contributed by atoms with Gasteiger partial charge in [-0.1, -0.05) is 6.92 Å². The lowest BCUT2D eigenvalue weighted by Crippen LogP contribution is -2.32. The molecule has 3 nitrogen and oxygen atoms in total. The Morgan fingerprint density at radius 2 is 2.20 bits per heavy atom. The van der Waals surface area contributed by atoms with E-state index in [0.29, 0.717) is 5.69 Å². The van der Waals surface area contributed by atoms with Crippen molar-refractivity contribution in [3.8, 4) is 6.07 Å². The molecule has 0 N–H and O–H groups in total. The van der Waals surface area contributed by atoms with Crippen molar-refractivity contribution in [2.45, 2.75) is 19.8 Å². The standard InChI is InChI=1S/C12H15N3/c1-10-3-6-15(7-4-10)12-2-5-14-11(8-12)9-13/h2,5,8,10H,3-4,6-7H2,1H3. The first-order valence-electron chi connectivity index (χ1n) is 5.40. The Morgan fingerprint density at radius 3 is 2.87 bits per heavy atom. The van der Waals surface area contributed by atoms with E-state index >= 15 is 0 Å². The van der Waals surface area contributed by atoms with Gasteiger partial charge in [0, 0.05) is 25.0 Å². The van der Waals surface area contributed by atoms with E-state index < -0.39 is 0 Å². The minimum atomic E-state index is 0.506. The molecule has 1 saturated heterocycles. The topological polar surface area (TPSA) is 39.9 Å². The molecule has 1 aromatic rings. The highest BCUT2D eigenvalue weighted by atomic mass is 15.1. The van der Waals surface area contributed by atoms with Crippen molar-refractivity contribution >= 4 is 5.69 Å². The molecule has 0 bridgehead atoms. The normalized spacial score (nSPS) is 17.5. The zero-order valence-electron chi connectivity index (χ0n) is 8.98. The molecule has 0 radical (unpaired) electrons. The van der Waals surface area contributed by atoms with Gasteiger partial charge >= 0.3 is 0 Å². The number of aromatic nitrogens is 1. The Kier molecular flexibility index (Phi) is 2.86. The molecule has 1 aromatic heterocycles. The van der Waals surface area contributed by atoms with Crippen LogP contribution in [0.25, 0.3) is 0 Å². The van der Waals surface area contributed by atoms with Crippen LogP contribution in [0.3, 0.4) is 0 Å². The molecule has 0 unspecified atom stereocenters. The zero-order chi connectivity index (χ0) is 10.7. The van der Waals surface area contributed by atoms with Gasteiger partial charge in [0.25, 0.3) is 0 Å². The highest BCUT2D eigenvalue weighted by Gasteiger charge is 2.16. The number of nitriles is 1. The summed E-state index contributed by atoms with van der Waals surface area (Å²) in [5, 5.41) is 8.77. The Labute approximate surface area is 90.4 Å². The Bertz CT molecular complexity index is 373. The first-order chi connectivity index (χ1) is 7.29. The van der Waals surface area contributed by atoms with E-state index in [1.807, 2.05) is 12.1 Å². The minimum absolute atomic E-state index is 0.506. The third-order valence-electron chi connectivity index (χ3n) is 3.01. The van der Waals surface area contributed by atoms with E-state index in [1.165, 1.54) is 12.8 Å². The molecule has 3 heteroatoms. The van der Waals surface area contributed by atoms with Crippen LogP contribution in [0.2, 0.25) is 0 Å². The van der Waals surface area contributed by atoms with Gasteiger partial charge in [0.05, 0.1) is 0 Å². The average Bonchev–Trinajstić information content (AvgIpc) is 2.30. The third kappa shape index (κ3) is 2.27. The van der Waals surface area contributed by atoms with Gasteiger partial charge in [-0.05, 0) is 30.9 Å². The molecule has 0 saturated carbocycles. The SMILES string of the molecule is CC1CCN(c2ccnc(C#N)c2)CC1. The van der Waals surface area contributed by atoms with Crippen molar-refractivity contribution in [3.05, 3.63) is 24.0 Å². The molecule has 15 heavy (non-hydrogen) atoms. The fourth-order valence-electron chi connectivity index (χ4n) is 1.94. The smallest absolute Gasteiger partial charge is 0.142 e. The molecule has 2 heterocycles. The lowest BCUT2D eigenvalue weighted by molar-refractivity contribution is 0.438. The van der Waals surface area contributed by atoms with Crippen LogP contribution < -0.4 is 4.90 Å². The van der Waals surface area contributed by atoms with Crippen LogP contribution >= 0.6 is 0 Å². The van der Waals surface area contributed by atoms with E-state index in [9.17, 15) is 0 Å². The maximum absolute atomic E-state index is 8.77.